The minimum atomic E-state index is -0.333. The summed E-state index contributed by atoms with van der Waals surface area (Å²) in [5.41, 5.74) is -0.333. The summed E-state index contributed by atoms with van der Waals surface area (Å²) >= 11 is 1.66. The van der Waals surface area contributed by atoms with Gasteiger partial charge in [-0.2, -0.15) is 4.98 Å². The molecule has 116 valence electrons. The van der Waals surface area contributed by atoms with Crippen molar-refractivity contribution in [3.05, 3.63) is 10.9 Å². The van der Waals surface area contributed by atoms with Gasteiger partial charge in [-0.25, -0.2) is 4.98 Å². The summed E-state index contributed by atoms with van der Waals surface area (Å²) in [6.07, 6.45) is 1.68. The largest absolute Gasteiger partial charge is 0.394 e. The quantitative estimate of drug-likeness (QED) is 0.731. The first-order valence-corrected chi connectivity index (χ1v) is 8.30. The Kier molecular flexibility index (Phi) is 5.00. The topological polar surface area (TPSA) is 70.1 Å². The number of aryl methyl sites for hydroxylation is 1. The molecule has 2 aromatic heterocycles. The van der Waals surface area contributed by atoms with Gasteiger partial charge < -0.3 is 15.7 Å². The predicted molar refractivity (Wildman–Crippen MR) is 90.3 cm³/mol. The van der Waals surface area contributed by atoms with Crippen LogP contribution in [0.4, 0.5) is 11.8 Å². The highest BCUT2D eigenvalue weighted by molar-refractivity contribution is 7.18. The average molecular weight is 308 g/mol. The number of fused-ring (bicyclic) bond motifs is 1. The molecule has 6 heteroatoms. The number of aliphatic hydroxyl groups is 1. The van der Waals surface area contributed by atoms with Crippen LogP contribution in [0.5, 0.6) is 0 Å². The van der Waals surface area contributed by atoms with E-state index in [0.29, 0.717) is 5.95 Å². The number of aromatic nitrogens is 2. The summed E-state index contributed by atoms with van der Waals surface area (Å²) in [5, 5.41) is 17.4. The maximum Gasteiger partial charge on any atom is 0.226 e. The molecule has 0 saturated heterocycles. The van der Waals surface area contributed by atoms with Crippen LogP contribution in [0.2, 0.25) is 0 Å². The second-order valence-corrected chi connectivity index (χ2v) is 6.51. The number of rotatable bonds is 7. The van der Waals surface area contributed by atoms with E-state index in [4.69, 9.17) is 0 Å². The van der Waals surface area contributed by atoms with Crippen LogP contribution in [-0.4, -0.2) is 33.8 Å². The van der Waals surface area contributed by atoms with Gasteiger partial charge in [0.25, 0.3) is 0 Å². The van der Waals surface area contributed by atoms with E-state index in [1.165, 1.54) is 4.88 Å². The van der Waals surface area contributed by atoms with Gasteiger partial charge in [0.15, 0.2) is 0 Å². The van der Waals surface area contributed by atoms with Gasteiger partial charge in [-0.05, 0) is 32.8 Å². The number of thiophene rings is 1. The Morgan fingerprint density at radius 3 is 2.52 bits per heavy atom. The van der Waals surface area contributed by atoms with E-state index in [-0.39, 0.29) is 12.1 Å². The second kappa shape index (κ2) is 6.58. The van der Waals surface area contributed by atoms with Gasteiger partial charge in [0.1, 0.15) is 10.6 Å². The highest BCUT2D eigenvalue weighted by atomic mass is 32.1. The Morgan fingerprint density at radius 2 is 1.95 bits per heavy atom. The van der Waals surface area contributed by atoms with Crippen LogP contribution in [0, 0.1) is 6.92 Å². The van der Waals surface area contributed by atoms with Gasteiger partial charge in [0.2, 0.25) is 5.95 Å². The molecule has 0 aliphatic carbocycles. The van der Waals surface area contributed by atoms with Gasteiger partial charge in [-0.1, -0.05) is 13.8 Å². The first-order chi connectivity index (χ1) is 10.1. The van der Waals surface area contributed by atoms with Crippen LogP contribution < -0.4 is 10.6 Å². The molecular formula is C15H24N4OS. The molecule has 0 aromatic carbocycles. The zero-order valence-corrected chi connectivity index (χ0v) is 14.0. The summed E-state index contributed by atoms with van der Waals surface area (Å²) in [7, 11) is 0. The summed E-state index contributed by atoms with van der Waals surface area (Å²) in [6.45, 7) is 9.12. The van der Waals surface area contributed by atoms with Crippen molar-refractivity contribution in [1.29, 1.82) is 0 Å². The zero-order valence-electron chi connectivity index (χ0n) is 13.2. The first-order valence-electron chi connectivity index (χ1n) is 7.48. The predicted octanol–water partition coefficient (Wildman–Crippen LogP) is 3.39. The van der Waals surface area contributed by atoms with Crippen LogP contribution in [0.25, 0.3) is 10.2 Å². The third-order valence-corrected chi connectivity index (χ3v) is 4.83. The minimum Gasteiger partial charge on any atom is -0.394 e. The van der Waals surface area contributed by atoms with Crippen molar-refractivity contribution in [2.75, 3.05) is 23.8 Å². The molecule has 0 radical (unpaired) electrons. The third kappa shape index (κ3) is 3.27. The Balaban J connectivity index is 2.49. The maximum atomic E-state index is 9.77. The Morgan fingerprint density at radius 1 is 1.24 bits per heavy atom. The van der Waals surface area contributed by atoms with Crippen LogP contribution in [0.15, 0.2) is 6.07 Å². The number of nitrogens with one attached hydrogen (secondary N) is 2. The molecule has 2 rings (SSSR count). The SMILES string of the molecule is CCNc1nc(NC(CC)(CC)CO)c2cc(C)sc2n1. The normalized spacial score (nSPS) is 11.9. The molecule has 5 nitrogen and oxygen atoms in total. The number of hydrogen-bond donors (Lipinski definition) is 3. The standard InChI is InChI=1S/C15H24N4OS/c1-5-15(6-2,9-20)19-12-11-8-10(4)21-13(11)18-14(17-12)16-7-3/h8,20H,5-7,9H2,1-4H3,(H2,16,17,18,19). The number of hydrogen-bond acceptors (Lipinski definition) is 6. The molecule has 21 heavy (non-hydrogen) atoms. The Labute approximate surface area is 129 Å². The van der Waals surface area contributed by atoms with Crippen molar-refractivity contribution < 1.29 is 5.11 Å². The van der Waals surface area contributed by atoms with E-state index < -0.39 is 0 Å². The van der Waals surface area contributed by atoms with E-state index in [2.05, 4.69) is 47.4 Å². The van der Waals surface area contributed by atoms with Gasteiger partial charge >= 0.3 is 0 Å². The lowest BCUT2D eigenvalue weighted by molar-refractivity contribution is 0.202. The van der Waals surface area contributed by atoms with E-state index in [0.717, 1.165) is 35.4 Å². The molecule has 0 saturated carbocycles. The Bertz CT molecular complexity index is 599. The highest BCUT2D eigenvalue weighted by Crippen LogP contribution is 2.32. The lowest BCUT2D eigenvalue weighted by atomic mass is 9.94. The molecule has 0 aliphatic rings. The van der Waals surface area contributed by atoms with Crippen LogP contribution in [0.3, 0.4) is 0 Å². The second-order valence-electron chi connectivity index (χ2n) is 5.27. The number of anilines is 2. The fraction of sp³-hybridized carbons (Fsp3) is 0.600. The fourth-order valence-corrected chi connectivity index (χ4v) is 3.19. The van der Waals surface area contributed by atoms with Gasteiger partial charge in [0.05, 0.1) is 17.5 Å². The van der Waals surface area contributed by atoms with E-state index in [9.17, 15) is 5.11 Å². The summed E-state index contributed by atoms with van der Waals surface area (Å²) in [5.74, 6) is 1.44. The van der Waals surface area contributed by atoms with E-state index in [1.54, 1.807) is 11.3 Å². The van der Waals surface area contributed by atoms with Crippen molar-refractivity contribution in [3.63, 3.8) is 0 Å². The van der Waals surface area contributed by atoms with Crippen molar-refractivity contribution in [2.24, 2.45) is 0 Å². The number of nitrogens with zero attached hydrogens (tertiary/aromatic N) is 2. The lowest BCUT2D eigenvalue weighted by Gasteiger charge is -2.31. The van der Waals surface area contributed by atoms with Crippen molar-refractivity contribution in [3.8, 4) is 0 Å². The van der Waals surface area contributed by atoms with Gasteiger partial charge in [-0.15, -0.1) is 11.3 Å². The van der Waals surface area contributed by atoms with E-state index in [1.807, 2.05) is 6.92 Å². The molecule has 0 amide bonds. The van der Waals surface area contributed by atoms with Crippen LogP contribution in [0.1, 0.15) is 38.5 Å². The third-order valence-electron chi connectivity index (χ3n) is 3.89. The molecule has 0 bridgehead atoms. The molecule has 0 unspecified atom stereocenters. The lowest BCUT2D eigenvalue weighted by Crippen LogP contribution is -2.41. The molecule has 3 N–H and O–H groups in total. The Hall–Kier alpha value is -1.40. The highest BCUT2D eigenvalue weighted by Gasteiger charge is 2.26. The van der Waals surface area contributed by atoms with Gasteiger partial charge in [-0.3, -0.25) is 0 Å². The molecule has 0 fully saturated rings. The zero-order chi connectivity index (χ0) is 15.5. The van der Waals surface area contributed by atoms with Crippen molar-refractivity contribution >= 4 is 33.3 Å². The fourth-order valence-electron chi connectivity index (χ4n) is 2.32. The van der Waals surface area contributed by atoms with Crippen molar-refractivity contribution in [2.45, 2.75) is 46.1 Å². The van der Waals surface area contributed by atoms with Crippen molar-refractivity contribution in [1.82, 2.24) is 9.97 Å². The van der Waals surface area contributed by atoms with E-state index >= 15 is 0 Å². The van der Waals surface area contributed by atoms with Crippen LogP contribution in [-0.2, 0) is 0 Å². The molecule has 2 heterocycles. The minimum absolute atomic E-state index is 0.0884. The number of aliphatic hydroxyl groups excluding tert-OH is 1. The molecule has 2 aromatic rings. The average Bonchev–Trinajstić information content (AvgIpc) is 2.86. The smallest absolute Gasteiger partial charge is 0.226 e. The first kappa shape index (κ1) is 16.0. The monoisotopic (exact) mass is 308 g/mol. The molecule has 0 spiro atoms. The molecule has 0 atom stereocenters. The summed E-state index contributed by atoms with van der Waals surface area (Å²) in [4.78, 5) is 11.3. The molecular weight excluding hydrogens is 284 g/mol. The molecule has 0 aliphatic heterocycles. The summed E-state index contributed by atoms with van der Waals surface area (Å²) in [6, 6.07) is 2.10. The maximum absolute atomic E-state index is 9.77. The summed E-state index contributed by atoms with van der Waals surface area (Å²) < 4.78 is 0. The van der Waals surface area contributed by atoms with Gasteiger partial charge in [0, 0.05) is 11.4 Å². The van der Waals surface area contributed by atoms with Crippen LogP contribution >= 0.6 is 11.3 Å².